The van der Waals surface area contributed by atoms with Crippen molar-refractivity contribution in [3.8, 4) is 17.2 Å². The zero-order valence-electron chi connectivity index (χ0n) is 17.3. The van der Waals surface area contributed by atoms with Crippen LogP contribution in [0.25, 0.3) is 16.7 Å². The van der Waals surface area contributed by atoms with E-state index in [-0.39, 0.29) is 17.1 Å². The number of carbonyl (C=O) groups is 1. The zero-order chi connectivity index (χ0) is 21.6. The molecule has 0 unspecified atom stereocenters. The molecule has 1 aliphatic heterocycles. The van der Waals surface area contributed by atoms with Crippen LogP contribution in [0.2, 0.25) is 5.02 Å². The number of nitrogens with zero attached hydrogens (tertiary/aromatic N) is 1. The van der Waals surface area contributed by atoms with Crippen LogP contribution in [0.4, 0.5) is 0 Å². The molecule has 1 heterocycles. The van der Waals surface area contributed by atoms with Gasteiger partial charge in [0, 0.05) is 5.02 Å². The molecule has 2 aromatic rings. The summed E-state index contributed by atoms with van der Waals surface area (Å²) in [6.07, 6.45) is 0.688. The second kappa shape index (κ2) is 7.33. The van der Waals surface area contributed by atoms with Gasteiger partial charge in [0.1, 0.15) is 17.0 Å². The zero-order valence-corrected chi connectivity index (χ0v) is 18.0. The molecular formula is C24H24ClNO3. The lowest BCUT2D eigenvalue weighted by molar-refractivity contribution is -0.158. The third kappa shape index (κ3) is 3.69. The lowest BCUT2D eigenvalue weighted by atomic mass is 9.80. The van der Waals surface area contributed by atoms with Gasteiger partial charge >= 0.3 is 0 Å². The summed E-state index contributed by atoms with van der Waals surface area (Å²) in [6, 6.07) is 13.0. The average Bonchev–Trinajstić information content (AvgIpc) is 2.66. The maximum Gasteiger partial charge on any atom is 0.198 e. The first-order valence-electron chi connectivity index (χ1n) is 9.54. The molecule has 1 aliphatic rings. The van der Waals surface area contributed by atoms with E-state index >= 15 is 0 Å². The molecule has 3 rings (SSSR count). The van der Waals surface area contributed by atoms with E-state index in [9.17, 15) is 15.2 Å². The van der Waals surface area contributed by atoms with Crippen molar-refractivity contribution in [1.29, 1.82) is 5.26 Å². The van der Waals surface area contributed by atoms with Crippen molar-refractivity contribution in [2.45, 2.75) is 52.2 Å². The van der Waals surface area contributed by atoms with Gasteiger partial charge in [-0.25, -0.2) is 0 Å². The number of aryl methyl sites for hydroxylation is 1. The Morgan fingerprint density at radius 2 is 1.76 bits per heavy atom. The number of benzene rings is 2. The molecule has 1 N–H and O–H groups in total. The summed E-state index contributed by atoms with van der Waals surface area (Å²) < 4.78 is 5.86. The van der Waals surface area contributed by atoms with Crippen LogP contribution in [0.3, 0.4) is 0 Å². The van der Waals surface area contributed by atoms with Crippen LogP contribution < -0.4 is 0 Å². The van der Waals surface area contributed by atoms with E-state index in [0.29, 0.717) is 22.6 Å². The number of Topliss-reactive ketones (excluding diaryl/α,β-unsaturated/α-hetero) is 1. The minimum atomic E-state index is -1.07. The van der Waals surface area contributed by atoms with Crippen LogP contribution >= 0.6 is 11.6 Å². The summed E-state index contributed by atoms with van der Waals surface area (Å²) in [5, 5.41) is 20.9. The highest BCUT2D eigenvalue weighted by Crippen LogP contribution is 2.42. The maximum absolute atomic E-state index is 13.2. The molecule has 29 heavy (non-hydrogen) atoms. The van der Waals surface area contributed by atoms with E-state index in [0.717, 1.165) is 16.7 Å². The Bertz CT molecular complexity index is 1070. The van der Waals surface area contributed by atoms with Crippen molar-refractivity contribution in [3.63, 3.8) is 0 Å². The lowest BCUT2D eigenvalue weighted by Crippen LogP contribution is -2.49. The molecule has 0 spiro atoms. The number of hydrogen-bond donors (Lipinski definition) is 1. The van der Waals surface area contributed by atoms with Crippen molar-refractivity contribution in [2.24, 2.45) is 0 Å². The van der Waals surface area contributed by atoms with E-state index in [1.807, 2.05) is 25.1 Å². The van der Waals surface area contributed by atoms with Crippen LogP contribution in [0.1, 0.15) is 51.3 Å². The van der Waals surface area contributed by atoms with Gasteiger partial charge in [-0.05, 0) is 74.6 Å². The molecule has 0 aliphatic carbocycles. The number of nitriles is 1. The minimum Gasteiger partial charge on any atom is -0.508 e. The summed E-state index contributed by atoms with van der Waals surface area (Å²) in [7, 11) is 0. The van der Waals surface area contributed by atoms with E-state index in [1.54, 1.807) is 45.9 Å². The van der Waals surface area contributed by atoms with E-state index in [4.69, 9.17) is 16.3 Å². The van der Waals surface area contributed by atoms with E-state index in [2.05, 4.69) is 6.07 Å². The molecule has 5 heteroatoms. The van der Waals surface area contributed by atoms with Crippen molar-refractivity contribution < 1.29 is 14.6 Å². The van der Waals surface area contributed by atoms with Crippen molar-refractivity contribution in [3.05, 3.63) is 63.9 Å². The number of aliphatic hydroxyl groups excluding tert-OH is 1. The quantitative estimate of drug-likeness (QED) is 0.688. The minimum absolute atomic E-state index is 0.0784. The number of halogens is 1. The van der Waals surface area contributed by atoms with Gasteiger partial charge in [-0.2, -0.15) is 5.26 Å². The Morgan fingerprint density at radius 1 is 1.07 bits per heavy atom. The van der Waals surface area contributed by atoms with Gasteiger partial charge in [0.25, 0.3) is 0 Å². The molecule has 0 radical (unpaired) electrons. The maximum atomic E-state index is 13.2. The Labute approximate surface area is 176 Å². The third-order valence-electron chi connectivity index (χ3n) is 5.26. The number of hydrogen-bond acceptors (Lipinski definition) is 4. The number of ketones is 1. The van der Waals surface area contributed by atoms with Crippen LogP contribution in [0.5, 0.6) is 0 Å². The topological polar surface area (TPSA) is 70.3 Å². The van der Waals surface area contributed by atoms with Crippen LogP contribution in [0.15, 0.2) is 42.2 Å². The smallest absolute Gasteiger partial charge is 0.198 e. The van der Waals surface area contributed by atoms with Crippen molar-refractivity contribution >= 4 is 23.0 Å². The van der Waals surface area contributed by atoms with Gasteiger partial charge in [-0.15, -0.1) is 0 Å². The first-order chi connectivity index (χ1) is 13.5. The fraction of sp³-hybridized carbons (Fsp3) is 0.333. The molecule has 2 aromatic carbocycles. The predicted molar refractivity (Wildman–Crippen MR) is 115 cm³/mol. The van der Waals surface area contributed by atoms with Gasteiger partial charge in [-0.1, -0.05) is 36.7 Å². The highest BCUT2D eigenvalue weighted by atomic mass is 35.5. The summed E-state index contributed by atoms with van der Waals surface area (Å²) in [6.45, 7) is 8.93. The molecule has 0 aromatic heterocycles. The van der Waals surface area contributed by atoms with Gasteiger partial charge in [0.15, 0.2) is 5.78 Å². The van der Waals surface area contributed by atoms with Gasteiger partial charge in [-0.3, -0.25) is 4.79 Å². The number of aliphatic hydroxyl groups is 1. The first-order valence-corrected chi connectivity index (χ1v) is 9.91. The monoisotopic (exact) mass is 409 g/mol. The Kier molecular flexibility index (Phi) is 5.34. The van der Waals surface area contributed by atoms with Gasteiger partial charge in [0.05, 0.1) is 17.2 Å². The molecule has 150 valence electrons. The molecule has 0 fully saturated rings. The molecule has 4 nitrogen and oxygen atoms in total. The Morgan fingerprint density at radius 3 is 2.38 bits per heavy atom. The standard InChI is InChI=1S/C24H24ClNO3/c1-6-14-7-8-15(18-10-9-17(25)11-16(18)13-26)12-19(14)20-21(27)23(2,3)29-24(4,5)22(20)28/h7-12,27H,6H2,1-5H3. The summed E-state index contributed by atoms with van der Waals surface area (Å²) in [5.41, 5.74) is 1.76. The number of ether oxygens (including phenoxy) is 1. The fourth-order valence-corrected chi connectivity index (χ4v) is 4.01. The van der Waals surface area contributed by atoms with Gasteiger partial charge in [0.2, 0.25) is 0 Å². The number of rotatable bonds is 3. The normalized spacial score (nSPS) is 17.9. The van der Waals surface area contributed by atoms with Crippen LogP contribution in [-0.2, 0) is 16.0 Å². The van der Waals surface area contributed by atoms with E-state index < -0.39 is 11.2 Å². The summed E-state index contributed by atoms with van der Waals surface area (Å²) >= 11 is 6.03. The highest BCUT2D eigenvalue weighted by Gasteiger charge is 2.47. The SMILES string of the molecule is CCc1ccc(-c2ccc(Cl)cc2C#N)cc1C1=C(O)C(C)(C)OC(C)(C)C1=O. The molecule has 0 amide bonds. The number of carbonyl (C=O) groups excluding carboxylic acids is 1. The summed E-state index contributed by atoms with van der Waals surface area (Å²) in [5.74, 6) is -0.344. The lowest BCUT2D eigenvalue weighted by Gasteiger charge is -2.40. The van der Waals surface area contributed by atoms with Gasteiger partial charge < -0.3 is 9.84 Å². The van der Waals surface area contributed by atoms with Crippen LogP contribution in [-0.4, -0.2) is 22.1 Å². The van der Waals surface area contributed by atoms with Crippen LogP contribution in [0, 0.1) is 11.3 Å². The molecule has 0 atom stereocenters. The average molecular weight is 410 g/mol. The highest BCUT2D eigenvalue weighted by molar-refractivity contribution is 6.30. The Balaban J connectivity index is 2.29. The third-order valence-corrected chi connectivity index (χ3v) is 5.50. The molecule has 0 saturated carbocycles. The molecular weight excluding hydrogens is 386 g/mol. The largest absolute Gasteiger partial charge is 0.508 e. The first kappa shape index (κ1) is 21.1. The molecule has 0 bridgehead atoms. The predicted octanol–water partition coefficient (Wildman–Crippen LogP) is 5.87. The van der Waals surface area contributed by atoms with Crippen molar-refractivity contribution in [2.75, 3.05) is 0 Å². The second-order valence-corrected chi connectivity index (χ2v) is 8.64. The summed E-state index contributed by atoms with van der Waals surface area (Å²) in [4.78, 5) is 13.2. The molecule has 0 saturated heterocycles. The van der Waals surface area contributed by atoms with E-state index in [1.165, 1.54) is 0 Å². The Hall–Kier alpha value is -2.61. The fourth-order valence-electron chi connectivity index (χ4n) is 3.84. The second-order valence-electron chi connectivity index (χ2n) is 8.20. The van der Waals surface area contributed by atoms with Crippen molar-refractivity contribution in [1.82, 2.24) is 0 Å².